The summed E-state index contributed by atoms with van der Waals surface area (Å²) in [5.41, 5.74) is 0. The summed E-state index contributed by atoms with van der Waals surface area (Å²) in [6.45, 7) is 4.53. The molecule has 0 spiro atoms. The molecule has 74 heavy (non-hydrogen) atoms. The molecule has 0 aliphatic heterocycles. The molecule has 3 unspecified atom stereocenters. The molecule has 3 atom stereocenters. The third kappa shape index (κ3) is 56.9. The number of aliphatic hydroxyl groups is 1. The smallest absolute Gasteiger partial charge is 0.268 e. The van der Waals surface area contributed by atoms with Crippen molar-refractivity contribution < 1.29 is 32.9 Å². The molecule has 0 aliphatic rings. The minimum atomic E-state index is -4.61. The van der Waals surface area contributed by atoms with Crippen molar-refractivity contribution in [2.24, 2.45) is 0 Å². The molecule has 0 rings (SSSR count). The summed E-state index contributed by atoms with van der Waals surface area (Å²) in [5, 5.41) is 13.9. The van der Waals surface area contributed by atoms with Gasteiger partial charge in [-0.05, 0) is 83.5 Å². The molecule has 0 heterocycles. The third-order valence-electron chi connectivity index (χ3n) is 13.0. The second-order valence-corrected chi connectivity index (χ2v) is 22.7. The number of nitrogens with one attached hydrogen (secondary N) is 1. The Morgan fingerprint density at radius 1 is 0.486 bits per heavy atom. The Hall–Kier alpha value is -2.84. The Labute approximate surface area is 457 Å². The molecule has 1 amide bonds. The fraction of sp³-hybridized carbons (Fsp3) is 0.708. The molecule has 0 aromatic carbocycles. The molecule has 0 saturated heterocycles. The molecule has 0 saturated carbocycles. The van der Waals surface area contributed by atoms with Crippen molar-refractivity contribution in [2.75, 3.05) is 40.9 Å². The lowest BCUT2D eigenvalue weighted by Gasteiger charge is -2.29. The van der Waals surface area contributed by atoms with Crippen LogP contribution >= 0.6 is 7.82 Å². The summed E-state index contributed by atoms with van der Waals surface area (Å²) in [6, 6.07) is -0.903. The number of hydrogen-bond acceptors (Lipinski definition) is 6. The molecule has 426 valence electrons. The molecule has 9 heteroatoms. The van der Waals surface area contributed by atoms with Crippen LogP contribution < -0.4 is 10.2 Å². The van der Waals surface area contributed by atoms with Crippen molar-refractivity contribution in [1.82, 2.24) is 5.32 Å². The molecular weight excluding hydrogens is 936 g/mol. The van der Waals surface area contributed by atoms with Crippen LogP contribution in [0.5, 0.6) is 0 Å². The van der Waals surface area contributed by atoms with E-state index in [9.17, 15) is 19.4 Å². The van der Waals surface area contributed by atoms with Crippen LogP contribution in [0.15, 0.2) is 109 Å². The highest BCUT2D eigenvalue weighted by Gasteiger charge is 2.23. The van der Waals surface area contributed by atoms with E-state index in [1.165, 1.54) is 116 Å². The average Bonchev–Trinajstić information content (AvgIpc) is 3.36. The zero-order chi connectivity index (χ0) is 54.2. The van der Waals surface area contributed by atoms with Gasteiger partial charge in [-0.1, -0.05) is 264 Å². The van der Waals surface area contributed by atoms with Gasteiger partial charge in [0.1, 0.15) is 13.2 Å². The number of nitrogens with zero attached hydrogens (tertiary/aromatic N) is 1. The number of allylic oxidation sites excluding steroid dienone is 17. The highest BCUT2D eigenvalue weighted by Crippen LogP contribution is 2.38. The Kier molecular flexibility index (Phi) is 52.8. The van der Waals surface area contributed by atoms with E-state index in [1.807, 2.05) is 27.2 Å². The summed E-state index contributed by atoms with van der Waals surface area (Å²) < 4.78 is 23.4. The largest absolute Gasteiger partial charge is 0.756 e. The molecule has 0 aromatic rings. The van der Waals surface area contributed by atoms with Gasteiger partial charge in [0.2, 0.25) is 5.91 Å². The van der Waals surface area contributed by atoms with Gasteiger partial charge in [-0.3, -0.25) is 9.36 Å². The molecule has 2 N–H and O–H groups in total. The minimum absolute atomic E-state index is 0.00959. The zero-order valence-corrected chi connectivity index (χ0v) is 49.4. The number of aliphatic hydroxyl groups excluding tert-OH is 1. The van der Waals surface area contributed by atoms with Crippen molar-refractivity contribution in [2.45, 2.75) is 257 Å². The maximum absolute atomic E-state index is 13.0. The van der Waals surface area contributed by atoms with Crippen LogP contribution in [0.25, 0.3) is 0 Å². The number of amides is 1. The Morgan fingerprint density at radius 2 is 0.824 bits per heavy atom. The van der Waals surface area contributed by atoms with Crippen LogP contribution in [-0.2, 0) is 18.4 Å². The Balaban J connectivity index is 4.27. The van der Waals surface area contributed by atoms with Gasteiger partial charge >= 0.3 is 0 Å². The van der Waals surface area contributed by atoms with E-state index >= 15 is 0 Å². The number of carbonyl (C=O) groups is 1. The van der Waals surface area contributed by atoms with E-state index in [0.29, 0.717) is 17.4 Å². The highest BCUT2D eigenvalue weighted by atomic mass is 31.2. The molecule has 0 radical (unpaired) electrons. The predicted molar refractivity (Wildman–Crippen MR) is 320 cm³/mol. The van der Waals surface area contributed by atoms with Gasteiger partial charge in [-0.15, -0.1) is 0 Å². The van der Waals surface area contributed by atoms with Crippen molar-refractivity contribution in [3.63, 3.8) is 0 Å². The van der Waals surface area contributed by atoms with Gasteiger partial charge in [0, 0.05) is 6.42 Å². The summed E-state index contributed by atoms with van der Waals surface area (Å²) in [4.78, 5) is 25.5. The Bertz CT molecular complexity index is 1570. The van der Waals surface area contributed by atoms with Crippen molar-refractivity contribution in [3.8, 4) is 0 Å². The Morgan fingerprint density at radius 3 is 1.20 bits per heavy atom. The number of quaternary nitrogens is 1. The molecule has 0 aromatic heterocycles. The van der Waals surface area contributed by atoms with Crippen molar-refractivity contribution >= 4 is 13.7 Å². The molecule has 8 nitrogen and oxygen atoms in total. The topological polar surface area (TPSA) is 108 Å². The predicted octanol–water partition coefficient (Wildman–Crippen LogP) is 18.1. The second-order valence-electron chi connectivity index (χ2n) is 21.3. The number of phosphoric acid groups is 1. The van der Waals surface area contributed by atoms with Gasteiger partial charge in [0.25, 0.3) is 7.82 Å². The average molecular weight is 1050 g/mol. The lowest BCUT2D eigenvalue weighted by atomic mass is 10.0. The summed E-state index contributed by atoms with van der Waals surface area (Å²) in [7, 11) is 1.24. The first kappa shape index (κ1) is 71.2. The number of hydrogen-bond donors (Lipinski definition) is 2. The summed E-state index contributed by atoms with van der Waals surface area (Å²) >= 11 is 0. The van der Waals surface area contributed by atoms with E-state index in [4.69, 9.17) is 9.05 Å². The van der Waals surface area contributed by atoms with E-state index in [2.05, 4.69) is 116 Å². The summed E-state index contributed by atoms with van der Waals surface area (Å²) in [5.74, 6) is -0.215. The maximum atomic E-state index is 13.0. The van der Waals surface area contributed by atoms with E-state index in [-0.39, 0.29) is 12.5 Å². The van der Waals surface area contributed by atoms with E-state index in [1.54, 1.807) is 6.08 Å². The van der Waals surface area contributed by atoms with Crippen LogP contribution in [0.3, 0.4) is 0 Å². The van der Waals surface area contributed by atoms with Crippen LogP contribution in [0.4, 0.5) is 0 Å². The van der Waals surface area contributed by atoms with Gasteiger partial charge in [-0.25, -0.2) is 0 Å². The van der Waals surface area contributed by atoms with Crippen LogP contribution in [-0.4, -0.2) is 68.5 Å². The van der Waals surface area contributed by atoms with Gasteiger partial charge in [0.05, 0.1) is 39.9 Å². The number of phosphoric ester groups is 1. The van der Waals surface area contributed by atoms with Crippen LogP contribution in [0.2, 0.25) is 0 Å². The first-order chi connectivity index (χ1) is 36.0. The number of carbonyl (C=O) groups excluding carboxylic acids is 1. The number of rotatable bonds is 54. The SMILES string of the molecule is CC/C=C\C/C=C\C/C=C\C/C=C\C/C=C\C/C=C\C/C=C\C/C=C\CCCCCCCCC(=O)NC(COP(=O)([O-])OCC[N+](C)(C)C)C(O)/C=C/CCCCCCCCCCCCCCCCCCCCC. The third-order valence-corrected chi connectivity index (χ3v) is 14.0. The fourth-order valence-corrected chi connectivity index (χ4v) is 9.01. The standard InChI is InChI=1S/C65H115N2O6P/c1-6-8-10-12-14-16-18-20-22-24-26-28-29-30-31-32-33-34-35-36-37-39-41-43-45-47-49-51-53-55-57-59-65(69)66-63(62-73-74(70,71)72-61-60-67(3,4)5)64(68)58-56-54-52-50-48-46-44-42-40-38-27-25-23-21-19-17-15-13-11-9-7-2/h8,10,14,16,20,22,26,28,30-31,33-34,36-37,41,43,56,58,63-64,68H,6-7,9,11-13,15,17-19,21,23-25,27,29,32,35,38-40,42,44-55,57,59-62H2,1-5H3,(H-,66,69,70,71)/b10-8-,16-14-,22-20-,28-26-,31-30-,34-33-,37-36-,43-41-,58-56+. The van der Waals surface area contributed by atoms with Crippen molar-refractivity contribution in [1.29, 1.82) is 0 Å². The quantitative estimate of drug-likeness (QED) is 0.0272. The first-order valence-corrected chi connectivity index (χ1v) is 31.7. The van der Waals surface area contributed by atoms with Crippen LogP contribution in [0, 0.1) is 0 Å². The highest BCUT2D eigenvalue weighted by molar-refractivity contribution is 7.45. The molecule has 0 aliphatic carbocycles. The van der Waals surface area contributed by atoms with E-state index < -0.39 is 26.6 Å². The zero-order valence-electron chi connectivity index (χ0n) is 48.5. The number of unbranched alkanes of at least 4 members (excludes halogenated alkanes) is 25. The number of likely N-dealkylation sites (N-methyl/N-ethyl adjacent to an activating group) is 1. The van der Waals surface area contributed by atoms with Gasteiger partial charge < -0.3 is 28.8 Å². The van der Waals surface area contributed by atoms with Crippen LogP contribution in [0.1, 0.15) is 245 Å². The maximum Gasteiger partial charge on any atom is 0.268 e. The van der Waals surface area contributed by atoms with E-state index in [0.717, 1.165) is 109 Å². The monoisotopic (exact) mass is 1050 g/mol. The van der Waals surface area contributed by atoms with Gasteiger partial charge in [0.15, 0.2) is 0 Å². The van der Waals surface area contributed by atoms with Gasteiger partial charge in [-0.2, -0.15) is 0 Å². The second kappa shape index (κ2) is 54.9. The molecule has 0 bridgehead atoms. The minimum Gasteiger partial charge on any atom is -0.756 e. The molecule has 0 fully saturated rings. The summed E-state index contributed by atoms with van der Waals surface area (Å²) in [6.07, 6.45) is 80.2. The normalized spacial score (nSPS) is 14.6. The fourth-order valence-electron chi connectivity index (χ4n) is 8.29. The first-order valence-electron chi connectivity index (χ1n) is 30.2. The van der Waals surface area contributed by atoms with Crippen molar-refractivity contribution in [3.05, 3.63) is 109 Å². The lowest BCUT2D eigenvalue weighted by Crippen LogP contribution is -2.45. The molecular formula is C65H115N2O6P. The lowest BCUT2D eigenvalue weighted by molar-refractivity contribution is -0.870.